The molecular formula is C22H21F3N4O5. The summed E-state index contributed by atoms with van der Waals surface area (Å²) in [6, 6.07) is 6.17. The van der Waals surface area contributed by atoms with Gasteiger partial charge in [0.15, 0.2) is 0 Å². The second kappa shape index (κ2) is 9.21. The molecule has 12 heteroatoms. The number of nitrogens with zero attached hydrogens (tertiary/aromatic N) is 4. The fourth-order valence-electron chi connectivity index (χ4n) is 3.71. The van der Waals surface area contributed by atoms with Crippen LogP contribution in [0.3, 0.4) is 0 Å². The zero-order valence-electron chi connectivity index (χ0n) is 18.1. The van der Waals surface area contributed by atoms with Crippen molar-refractivity contribution in [3.05, 3.63) is 70.0 Å². The fourth-order valence-corrected chi connectivity index (χ4v) is 3.71. The molecule has 0 atom stereocenters. The number of aromatic hydroxyl groups is 1. The molecule has 1 N–H and O–H groups in total. The van der Waals surface area contributed by atoms with E-state index in [-0.39, 0.29) is 29.7 Å². The van der Waals surface area contributed by atoms with Gasteiger partial charge < -0.3 is 19.5 Å². The lowest BCUT2D eigenvalue weighted by Gasteiger charge is -2.27. The molecule has 0 bridgehead atoms. The zero-order chi connectivity index (χ0) is 24.5. The molecule has 3 heterocycles. The topological polar surface area (TPSA) is 98.8 Å². The Balaban J connectivity index is 1.65. The highest BCUT2D eigenvalue weighted by Crippen LogP contribution is 2.26. The van der Waals surface area contributed by atoms with Crippen molar-refractivity contribution in [1.82, 2.24) is 19.0 Å². The van der Waals surface area contributed by atoms with Gasteiger partial charge in [0.1, 0.15) is 5.75 Å². The third-order valence-electron chi connectivity index (χ3n) is 5.46. The van der Waals surface area contributed by atoms with Gasteiger partial charge in [0.2, 0.25) is 5.88 Å². The molecule has 1 saturated heterocycles. The van der Waals surface area contributed by atoms with E-state index < -0.39 is 17.8 Å². The van der Waals surface area contributed by atoms with Gasteiger partial charge in [-0.05, 0) is 42.8 Å². The quantitative estimate of drug-likeness (QED) is 0.605. The van der Waals surface area contributed by atoms with E-state index in [4.69, 9.17) is 4.74 Å². The van der Waals surface area contributed by atoms with Crippen LogP contribution in [0.25, 0.3) is 5.69 Å². The van der Waals surface area contributed by atoms with Gasteiger partial charge >= 0.3 is 12.1 Å². The minimum atomic E-state index is -4.85. The van der Waals surface area contributed by atoms with E-state index in [0.717, 1.165) is 16.7 Å². The van der Waals surface area contributed by atoms with Crippen molar-refractivity contribution in [1.29, 1.82) is 0 Å². The van der Waals surface area contributed by atoms with Crippen LogP contribution in [0.15, 0.2) is 47.5 Å². The van der Waals surface area contributed by atoms with Crippen LogP contribution in [0, 0.1) is 6.92 Å². The van der Waals surface area contributed by atoms with E-state index in [0.29, 0.717) is 37.4 Å². The summed E-state index contributed by atoms with van der Waals surface area (Å²) >= 11 is 0. The first-order chi connectivity index (χ1) is 16.2. The number of imidazole rings is 1. The molecule has 1 aromatic carbocycles. The van der Waals surface area contributed by atoms with E-state index in [1.54, 1.807) is 11.0 Å². The second-order valence-corrected chi connectivity index (χ2v) is 7.59. The van der Waals surface area contributed by atoms with E-state index in [1.807, 2.05) is 0 Å². The number of hydrogen-bond donors (Lipinski definition) is 1. The highest BCUT2D eigenvalue weighted by atomic mass is 19.4. The molecule has 0 unspecified atom stereocenters. The number of aromatic nitrogens is 3. The van der Waals surface area contributed by atoms with Gasteiger partial charge in [-0.3, -0.25) is 14.3 Å². The van der Waals surface area contributed by atoms with Gasteiger partial charge in [-0.15, -0.1) is 13.2 Å². The number of hydrogen-bond acceptors (Lipinski definition) is 6. The van der Waals surface area contributed by atoms with Crippen LogP contribution >= 0.6 is 0 Å². The van der Waals surface area contributed by atoms with Crippen LogP contribution < -0.4 is 10.4 Å². The Kier molecular flexibility index (Phi) is 6.33. The number of carbonyl (C=O) groups excluding carboxylic acids is 1. The van der Waals surface area contributed by atoms with Crippen LogP contribution in [-0.2, 0) is 11.3 Å². The summed E-state index contributed by atoms with van der Waals surface area (Å²) in [6.45, 7) is 3.26. The van der Waals surface area contributed by atoms with Crippen LogP contribution in [0.1, 0.15) is 21.6 Å². The maximum atomic E-state index is 13.1. The first-order valence-electron chi connectivity index (χ1n) is 10.3. The molecule has 1 aliphatic heterocycles. The molecule has 4 rings (SSSR count). The number of pyridine rings is 1. The van der Waals surface area contributed by atoms with Gasteiger partial charge in [0.25, 0.3) is 5.91 Å². The Hall–Kier alpha value is -3.80. The largest absolute Gasteiger partial charge is 0.573 e. The smallest absolute Gasteiger partial charge is 0.493 e. The SMILES string of the molecule is Cc1c(O)n(-c2ccc(OC(F)(F)F)cc2)c(=O)n1Cc1ccncc1C(=O)N1CCOCC1. The van der Waals surface area contributed by atoms with Crippen molar-refractivity contribution in [3.8, 4) is 17.3 Å². The Bertz CT molecular complexity index is 1240. The normalized spacial score (nSPS) is 14.3. The van der Waals surface area contributed by atoms with E-state index in [1.165, 1.54) is 36.0 Å². The van der Waals surface area contributed by atoms with E-state index in [2.05, 4.69) is 9.72 Å². The molecule has 2 aromatic heterocycles. The molecule has 0 radical (unpaired) electrons. The molecule has 0 saturated carbocycles. The molecule has 1 amide bonds. The van der Waals surface area contributed by atoms with Crippen molar-refractivity contribution in [2.45, 2.75) is 19.8 Å². The molecule has 0 spiro atoms. The number of amides is 1. The Labute approximate surface area is 191 Å². The van der Waals surface area contributed by atoms with Crippen molar-refractivity contribution in [2.24, 2.45) is 0 Å². The first-order valence-corrected chi connectivity index (χ1v) is 10.3. The first kappa shape index (κ1) is 23.4. The minimum absolute atomic E-state index is 0.0194. The predicted molar refractivity (Wildman–Crippen MR) is 113 cm³/mol. The van der Waals surface area contributed by atoms with Crippen LogP contribution in [0.2, 0.25) is 0 Å². The predicted octanol–water partition coefficient (Wildman–Crippen LogP) is 2.47. The van der Waals surface area contributed by atoms with E-state index in [9.17, 15) is 27.9 Å². The van der Waals surface area contributed by atoms with Gasteiger partial charge in [0.05, 0.1) is 36.7 Å². The van der Waals surface area contributed by atoms with Crippen molar-refractivity contribution in [3.63, 3.8) is 0 Å². The standard InChI is InChI=1S/C22H21F3N4O5/c1-14-19(30)29(16-2-4-17(5-3-16)34-22(23,24)25)21(32)28(14)13-15-6-7-26-12-18(15)20(31)27-8-10-33-11-9-27/h2-7,12,30H,8-11,13H2,1H3. The van der Waals surface area contributed by atoms with Crippen molar-refractivity contribution in [2.75, 3.05) is 26.3 Å². The molecule has 3 aromatic rings. The summed E-state index contributed by atoms with van der Waals surface area (Å²) in [5.41, 5.74) is 0.612. The van der Waals surface area contributed by atoms with Gasteiger partial charge in [-0.2, -0.15) is 0 Å². The second-order valence-electron chi connectivity index (χ2n) is 7.59. The maximum absolute atomic E-state index is 13.1. The third kappa shape index (κ3) is 4.76. The summed E-state index contributed by atoms with van der Waals surface area (Å²) in [6.07, 6.45) is -1.91. The molecular weight excluding hydrogens is 457 g/mol. The number of rotatable bonds is 5. The Morgan fingerprint density at radius 2 is 1.85 bits per heavy atom. The molecule has 9 nitrogen and oxygen atoms in total. The maximum Gasteiger partial charge on any atom is 0.573 e. The van der Waals surface area contributed by atoms with Crippen LogP contribution in [0.4, 0.5) is 13.2 Å². The Morgan fingerprint density at radius 3 is 2.50 bits per heavy atom. The monoisotopic (exact) mass is 478 g/mol. The number of alkyl halides is 3. The highest BCUT2D eigenvalue weighted by molar-refractivity contribution is 5.95. The molecule has 1 fully saturated rings. The zero-order valence-corrected chi connectivity index (χ0v) is 18.1. The molecule has 180 valence electrons. The van der Waals surface area contributed by atoms with Crippen molar-refractivity contribution >= 4 is 5.91 Å². The summed E-state index contributed by atoms with van der Waals surface area (Å²) in [5, 5.41) is 10.6. The van der Waals surface area contributed by atoms with Gasteiger partial charge in [0, 0.05) is 25.5 Å². The lowest BCUT2D eigenvalue weighted by Crippen LogP contribution is -2.41. The average Bonchev–Trinajstić information content (AvgIpc) is 3.02. The summed E-state index contributed by atoms with van der Waals surface area (Å²) in [7, 11) is 0. The number of halogens is 3. The fraction of sp³-hybridized carbons (Fsp3) is 0.318. The highest BCUT2D eigenvalue weighted by Gasteiger charge is 2.31. The number of ether oxygens (including phenoxy) is 2. The van der Waals surface area contributed by atoms with E-state index >= 15 is 0 Å². The Morgan fingerprint density at radius 1 is 1.18 bits per heavy atom. The molecule has 1 aliphatic rings. The summed E-state index contributed by atoms with van der Waals surface area (Å²) in [4.78, 5) is 31.8. The number of benzene rings is 1. The number of morpholine rings is 1. The van der Waals surface area contributed by atoms with Crippen LogP contribution in [0.5, 0.6) is 11.6 Å². The number of carbonyl (C=O) groups is 1. The van der Waals surface area contributed by atoms with Crippen molar-refractivity contribution < 1.29 is 32.5 Å². The lowest BCUT2D eigenvalue weighted by atomic mass is 10.1. The average molecular weight is 478 g/mol. The lowest BCUT2D eigenvalue weighted by molar-refractivity contribution is -0.274. The molecule has 0 aliphatic carbocycles. The van der Waals surface area contributed by atoms with Gasteiger partial charge in [-0.1, -0.05) is 0 Å². The molecule has 34 heavy (non-hydrogen) atoms. The third-order valence-corrected chi connectivity index (χ3v) is 5.46. The summed E-state index contributed by atoms with van der Waals surface area (Å²) < 4.78 is 48.6. The summed E-state index contributed by atoms with van der Waals surface area (Å²) in [5.74, 6) is -1.06. The van der Waals surface area contributed by atoms with Crippen LogP contribution in [-0.4, -0.2) is 62.7 Å². The van der Waals surface area contributed by atoms with Gasteiger partial charge in [-0.25, -0.2) is 9.36 Å². The minimum Gasteiger partial charge on any atom is -0.493 e.